The fourth-order valence-corrected chi connectivity index (χ4v) is 2.04. The number of carbonyl (C=O) groups excluding carboxylic acids is 1. The molecule has 104 valence electrons. The summed E-state index contributed by atoms with van der Waals surface area (Å²) in [6.45, 7) is 5.04. The van der Waals surface area contributed by atoms with Crippen molar-refractivity contribution in [2.75, 3.05) is 40.3 Å². The standard InChI is InChI=1S/C14H21N3O2/c1-16-7-9-17(10-8-16)15-11-12-3-5-13(6-4-12)14(18)19-2/h3-6,15H,7-11H2,1-2H3. The highest BCUT2D eigenvalue weighted by molar-refractivity contribution is 5.89. The molecule has 0 saturated carbocycles. The molecule has 0 amide bonds. The molecule has 1 aliphatic heterocycles. The Morgan fingerprint density at radius 2 is 1.84 bits per heavy atom. The van der Waals surface area contributed by atoms with Crippen LogP contribution in [0.3, 0.4) is 0 Å². The average Bonchev–Trinajstić information content (AvgIpc) is 2.46. The van der Waals surface area contributed by atoms with Gasteiger partial charge in [0, 0.05) is 32.7 Å². The maximum absolute atomic E-state index is 11.3. The van der Waals surface area contributed by atoms with Gasteiger partial charge in [-0.2, -0.15) is 0 Å². The topological polar surface area (TPSA) is 44.8 Å². The van der Waals surface area contributed by atoms with Crippen LogP contribution in [-0.4, -0.2) is 56.2 Å². The van der Waals surface area contributed by atoms with Gasteiger partial charge in [-0.05, 0) is 24.7 Å². The van der Waals surface area contributed by atoms with Crippen LogP contribution in [0, 0.1) is 0 Å². The van der Waals surface area contributed by atoms with Crippen LogP contribution in [0.2, 0.25) is 0 Å². The van der Waals surface area contributed by atoms with E-state index in [2.05, 4.69) is 27.1 Å². The molecule has 0 aromatic heterocycles. The van der Waals surface area contributed by atoms with Crippen LogP contribution < -0.4 is 5.43 Å². The van der Waals surface area contributed by atoms with E-state index in [1.54, 1.807) is 12.1 Å². The summed E-state index contributed by atoms with van der Waals surface area (Å²) in [5.41, 5.74) is 5.16. The predicted molar refractivity (Wildman–Crippen MR) is 73.7 cm³/mol. The Hall–Kier alpha value is -1.43. The molecule has 19 heavy (non-hydrogen) atoms. The summed E-state index contributed by atoms with van der Waals surface area (Å²) in [5, 5.41) is 2.24. The number of hydrazine groups is 1. The largest absolute Gasteiger partial charge is 0.465 e. The van der Waals surface area contributed by atoms with Crippen molar-refractivity contribution in [1.29, 1.82) is 0 Å². The summed E-state index contributed by atoms with van der Waals surface area (Å²) >= 11 is 0. The Kier molecular flexibility index (Phi) is 4.90. The molecule has 0 unspecified atom stereocenters. The van der Waals surface area contributed by atoms with Crippen molar-refractivity contribution >= 4 is 5.97 Å². The number of methoxy groups -OCH3 is 1. The van der Waals surface area contributed by atoms with Crippen molar-refractivity contribution < 1.29 is 9.53 Å². The molecule has 0 bridgehead atoms. The van der Waals surface area contributed by atoms with Gasteiger partial charge < -0.3 is 9.64 Å². The number of piperazine rings is 1. The van der Waals surface area contributed by atoms with E-state index in [9.17, 15) is 4.79 Å². The maximum Gasteiger partial charge on any atom is 0.337 e. The molecule has 0 atom stereocenters. The smallest absolute Gasteiger partial charge is 0.337 e. The van der Waals surface area contributed by atoms with E-state index in [1.807, 2.05) is 12.1 Å². The second-order valence-corrected chi connectivity index (χ2v) is 4.81. The number of carbonyl (C=O) groups is 1. The molecule has 0 spiro atoms. The number of ether oxygens (including phenoxy) is 1. The zero-order valence-electron chi connectivity index (χ0n) is 11.6. The number of nitrogens with zero attached hydrogens (tertiary/aromatic N) is 2. The number of hydrogen-bond acceptors (Lipinski definition) is 5. The molecular formula is C14H21N3O2. The molecule has 5 nitrogen and oxygen atoms in total. The van der Waals surface area contributed by atoms with Gasteiger partial charge in [-0.3, -0.25) is 5.43 Å². The lowest BCUT2D eigenvalue weighted by atomic mass is 10.1. The summed E-state index contributed by atoms with van der Waals surface area (Å²) in [7, 11) is 3.54. The second kappa shape index (κ2) is 6.65. The van der Waals surface area contributed by atoms with Gasteiger partial charge in [0.25, 0.3) is 0 Å². The van der Waals surface area contributed by atoms with E-state index < -0.39 is 0 Å². The zero-order valence-corrected chi connectivity index (χ0v) is 11.6. The average molecular weight is 263 g/mol. The minimum Gasteiger partial charge on any atom is -0.465 e. The van der Waals surface area contributed by atoms with Crippen molar-refractivity contribution in [1.82, 2.24) is 15.3 Å². The highest BCUT2D eigenvalue weighted by Crippen LogP contribution is 2.06. The number of esters is 1. The van der Waals surface area contributed by atoms with Crippen LogP contribution >= 0.6 is 0 Å². The Labute approximate surface area is 114 Å². The Balaban J connectivity index is 1.81. The molecule has 1 aromatic carbocycles. The van der Waals surface area contributed by atoms with Crippen molar-refractivity contribution in [3.05, 3.63) is 35.4 Å². The molecule has 2 rings (SSSR count). The normalized spacial score (nSPS) is 17.4. The SMILES string of the molecule is COC(=O)c1ccc(CNN2CCN(C)CC2)cc1. The lowest BCUT2D eigenvalue weighted by Gasteiger charge is -2.32. The van der Waals surface area contributed by atoms with Crippen LogP contribution in [0.5, 0.6) is 0 Å². The minimum atomic E-state index is -0.293. The van der Waals surface area contributed by atoms with E-state index in [-0.39, 0.29) is 5.97 Å². The van der Waals surface area contributed by atoms with Gasteiger partial charge in [0.15, 0.2) is 0 Å². The fourth-order valence-electron chi connectivity index (χ4n) is 2.04. The fraction of sp³-hybridized carbons (Fsp3) is 0.500. The first-order valence-corrected chi connectivity index (χ1v) is 6.53. The van der Waals surface area contributed by atoms with Crippen molar-refractivity contribution in [3.8, 4) is 0 Å². The molecule has 5 heteroatoms. The number of nitrogens with one attached hydrogen (secondary N) is 1. The summed E-state index contributed by atoms with van der Waals surface area (Å²) in [5.74, 6) is -0.293. The van der Waals surface area contributed by atoms with Crippen molar-refractivity contribution in [2.45, 2.75) is 6.54 Å². The van der Waals surface area contributed by atoms with Crippen LogP contribution in [0.4, 0.5) is 0 Å². The lowest BCUT2D eigenvalue weighted by molar-refractivity contribution is 0.0600. The molecule has 0 radical (unpaired) electrons. The van der Waals surface area contributed by atoms with Crippen molar-refractivity contribution in [3.63, 3.8) is 0 Å². The Morgan fingerprint density at radius 1 is 1.21 bits per heavy atom. The van der Waals surface area contributed by atoms with Gasteiger partial charge >= 0.3 is 5.97 Å². The third kappa shape index (κ3) is 4.02. The number of rotatable bonds is 4. The van der Waals surface area contributed by atoms with E-state index in [0.29, 0.717) is 5.56 Å². The summed E-state index contributed by atoms with van der Waals surface area (Å²) in [6.07, 6.45) is 0. The maximum atomic E-state index is 11.3. The number of benzene rings is 1. The first-order valence-electron chi connectivity index (χ1n) is 6.53. The second-order valence-electron chi connectivity index (χ2n) is 4.81. The quantitative estimate of drug-likeness (QED) is 0.811. The third-order valence-electron chi connectivity index (χ3n) is 3.39. The van der Waals surface area contributed by atoms with Gasteiger partial charge in [0.1, 0.15) is 0 Å². The van der Waals surface area contributed by atoms with E-state index in [0.717, 1.165) is 38.3 Å². The summed E-state index contributed by atoms with van der Waals surface area (Å²) in [6, 6.07) is 7.50. The van der Waals surface area contributed by atoms with E-state index in [1.165, 1.54) is 7.11 Å². The van der Waals surface area contributed by atoms with E-state index in [4.69, 9.17) is 0 Å². The van der Waals surface area contributed by atoms with Crippen LogP contribution in [-0.2, 0) is 11.3 Å². The number of hydrogen-bond donors (Lipinski definition) is 1. The zero-order chi connectivity index (χ0) is 13.7. The summed E-state index contributed by atoms with van der Waals surface area (Å²) < 4.78 is 4.67. The molecule has 1 aliphatic rings. The van der Waals surface area contributed by atoms with Gasteiger partial charge in [0.05, 0.1) is 12.7 Å². The highest BCUT2D eigenvalue weighted by Gasteiger charge is 2.12. The molecule has 1 fully saturated rings. The third-order valence-corrected chi connectivity index (χ3v) is 3.39. The van der Waals surface area contributed by atoms with Gasteiger partial charge in [-0.1, -0.05) is 12.1 Å². The van der Waals surface area contributed by atoms with Gasteiger partial charge in [0.2, 0.25) is 0 Å². The van der Waals surface area contributed by atoms with Crippen molar-refractivity contribution in [2.24, 2.45) is 0 Å². The lowest BCUT2D eigenvalue weighted by Crippen LogP contribution is -2.50. The molecule has 0 aliphatic carbocycles. The molecule has 1 aromatic rings. The van der Waals surface area contributed by atoms with Crippen LogP contribution in [0.15, 0.2) is 24.3 Å². The Bertz CT molecular complexity index is 411. The monoisotopic (exact) mass is 263 g/mol. The Morgan fingerprint density at radius 3 is 2.42 bits per heavy atom. The molecule has 1 saturated heterocycles. The molecular weight excluding hydrogens is 242 g/mol. The highest BCUT2D eigenvalue weighted by atomic mass is 16.5. The first-order chi connectivity index (χ1) is 9.19. The van der Waals surface area contributed by atoms with Crippen LogP contribution in [0.1, 0.15) is 15.9 Å². The van der Waals surface area contributed by atoms with E-state index >= 15 is 0 Å². The van der Waals surface area contributed by atoms with Gasteiger partial charge in [-0.15, -0.1) is 0 Å². The predicted octanol–water partition coefficient (Wildman–Crippen LogP) is 0.725. The number of likely N-dealkylation sites (N-methyl/N-ethyl adjacent to an activating group) is 1. The summed E-state index contributed by atoms with van der Waals surface area (Å²) in [4.78, 5) is 13.6. The minimum absolute atomic E-state index is 0.293. The molecule has 1 N–H and O–H groups in total. The van der Waals surface area contributed by atoms with Gasteiger partial charge in [-0.25, -0.2) is 9.80 Å². The molecule has 1 heterocycles. The first kappa shape index (κ1) is 14.0. The van der Waals surface area contributed by atoms with Crippen LogP contribution in [0.25, 0.3) is 0 Å².